The van der Waals surface area contributed by atoms with Crippen molar-refractivity contribution in [3.8, 4) is 0 Å². The summed E-state index contributed by atoms with van der Waals surface area (Å²) in [5.74, 6) is 0. The maximum absolute atomic E-state index is 12.6. The van der Waals surface area contributed by atoms with E-state index in [4.69, 9.17) is 0 Å². The van der Waals surface area contributed by atoms with Crippen molar-refractivity contribution in [1.82, 2.24) is 9.97 Å². The Kier molecular flexibility index (Phi) is 3.20. The highest BCUT2D eigenvalue weighted by atomic mass is 35.5. The van der Waals surface area contributed by atoms with Crippen molar-refractivity contribution in [2.45, 2.75) is 15.8 Å². The van der Waals surface area contributed by atoms with Gasteiger partial charge >= 0.3 is 10.6 Å². The van der Waals surface area contributed by atoms with Crippen LogP contribution in [0, 0.1) is 0 Å². The lowest BCUT2D eigenvalue weighted by atomic mass is 10.7. The minimum Gasteiger partial charge on any atom is -0.231 e. The number of hydrogen-bond acceptors (Lipinski definition) is 3. The van der Waals surface area contributed by atoms with E-state index in [1.165, 1.54) is 6.07 Å². The van der Waals surface area contributed by atoms with Gasteiger partial charge in [-0.05, 0) is 29.4 Å². The van der Waals surface area contributed by atoms with E-state index in [-0.39, 0.29) is 0 Å². The number of halogens is 5. The van der Waals surface area contributed by atoms with E-state index in [0.717, 1.165) is 12.4 Å². The highest BCUT2D eigenvalue weighted by Gasteiger charge is 2.56. The summed E-state index contributed by atoms with van der Waals surface area (Å²) in [5, 5.41) is -9.52. The van der Waals surface area contributed by atoms with Crippen LogP contribution in [0.3, 0.4) is 0 Å². The Morgan fingerprint density at radius 2 is 1.64 bits per heavy atom. The van der Waals surface area contributed by atoms with Crippen LogP contribution in [-0.4, -0.2) is 20.6 Å². The summed E-state index contributed by atoms with van der Waals surface area (Å²) in [7, 11) is 0. The molecule has 0 aromatic carbocycles. The number of hydrogen-bond donors (Lipinski definition) is 0. The summed E-state index contributed by atoms with van der Waals surface area (Å²) in [6.45, 7) is 0. The number of aromatic nitrogens is 2. The Labute approximate surface area is 85.7 Å². The zero-order chi connectivity index (χ0) is 10.8. The Balaban J connectivity index is 2.79. The zero-order valence-electron chi connectivity index (χ0n) is 6.42. The van der Waals surface area contributed by atoms with Gasteiger partial charge in [0, 0.05) is 12.4 Å². The van der Waals surface area contributed by atoms with Gasteiger partial charge in [-0.25, -0.2) is 9.97 Å². The molecule has 1 heterocycles. The molecule has 0 fully saturated rings. The molecule has 0 saturated carbocycles. The molecule has 2 nitrogen and oxygen atoms in total. The highest BCUT2D eigenvalue weighted by molar-refractivity contribution is 8.00. The molecular formula is C6H3ClF4N2S. The summed E-state index contributed by atoms with van der Waals surface area (Å²) >= 11 is 3.73. The van der Waals surface area contributed by atoms with E-state index in [0.29, 0.717) is 0 Å². The smallest absolute Gasteiger partial charge is 0.231 e. The predicted molar refractivity (Wildman–Crippen MR) is 43.6 cm³/mol. The van der Waals surface area contributed by atoms with Crippen molar-refractivity contribution >= 4 is 23.4 Å². The van der Waals surface area contributed by atoms with Gasteiger partial charge < -0.3 is 0 Å². The van der Waals surface area contributed by atoms with Gasteiger partial charge in [-0.3, -0.25) is 0 Å². The largest absolute Gasteiger partial charge is 0.394 e. The molecule has 0 aliphatic rings. The second-order valence-electron chi connectivity index (χ2n) is 2.15. The maximum Gasteiger partial charge on any atom is 0.394 e. The van der Waals surface area contributed by atoms with Gasteiger partial charge in [-0.2, -0.15) is 17.6 Å². The maximum atomic E-state index is 12.6. The van der Waals surface area contributed by atoms with Crippen LogP contribution in [0.2, 0.25) is 0 Å². The van der Waals surface area contributed by atoms with E-state index < -0.39 is 27.6 Å². The SMILES string of the molecule is FC(F)(Cl)C(F)(F)Sc1ncccn1. The molecule has 1 aromatic heterocycles. The van der Waals surface area contributed by atoms with E-state index in [9.17, 15) is 17.6 Å². The fourth-order valence-corrected chi connectivity index (χ4v) is 1.20. The lowest BCUT2D eigenvalue weighted by Crippen LogP contribution is -2.31. The molecule has 8 heteroatoms. The summed E-state index contributed by atoms with van der Waals surface area (Å²) < 4.78 is 49.5. The van der Waals surface area contributed by atoms with Crippen molar-refractivity contribution in [3.63, 3.8) is 0 Å². The molecule has 0 amide bonds. The fraction of sp³-hybridized carbons (Fsp3) is 0.333. The normalized spacial score (nSPS) is 12.9. The molecule has 0 saturated heterocycles. The summed E-state index contributed by atoms with van der Waals surface area (Å²) in [5.41, 5.74) is 0. The number of nitrogens with zero attached hydrogens (tertiary/aromatic N) is 2. The Hall–Kier alpha value is -0.560. The minimum absolute atomic E-state index is 0.460. The first kappa shape index (κ1) is 11.5. The highest BCUT2D eigenvalue weighted by Crippen LogP contribution is 2.47. The van der Waals surface area contributed by atoms with E-state index in [1.807, 2.05) is 0 Å². The van der Waals surface area contributed by atoms with Crippen molar-refractivity contribution in [3.05, 3.63) is 18.5 Å². The third-order valence-electron chi connectivity index (χ3n) is 1.09. The summed E-state index contributed by atoms with van der Waals surface area (Å²) in [4.78, 5) is 6.71. The number of rotatable bonds is 3. The van der Waals surface area contributed by atoms with Crippen LogP contribution >= 0.6 is 23.4 Å². The number of alkyl halides is 5. The van der Waals surface area contributed by atoms with Gasteiger partial charge in [0.1, 0.15) is 0 Å². The van der Waals surface area contributed by atoms with Gasteiger partial charge in [-0.1, -0.05) is 0 Å². The predicted octanol–water partition coefficient (Wildman–Crippen LogP) is 2.99. The lowest BCUT2D eigenvalue weighted by Gasteiger charge is -2.18. The molecule has 0 bridgehead atoms. The van der Waals surface area contributed by atoms with Crippen LogP contribution in [0.25, 0.3) is 0 Å². The molecule has 14 heavy (non-hydrogen) atoms. The molecule has 0 spiro atoms. The monoisotopic (exact) mass is 246 g/mol. The molecular weight excluding hydrogens is 244 g/mol. The lowest BCUT2D eigenvalue weighted by molar-refractivity contribution is -0.0899. The van der Waals surface area contributed by atoms with Gasteiger partial charge in [0.05, 0.1) is 0 Å². The van der Waals surface area contributed by atoms with Gasteiger partial charge in [0.15, 0.2) is 5.16 Å². The topological polar surface area (TPSA) is 25.8 Å². The third-order valence-corrected chi connectivity index (χ3v) is 2.35. The Morgan fingerprint density at radius 1 is 1.14 bits per heavy atom. The van der Waals surface area contributed by atoms with Crippen molar-refractivity contribution in [2.75, 3.05) is 0 Å². The van der Waals surface area contributed by atoms with Crippen molar-refractivity contribution < 1.29 is 17.6 Å². The molecule has 1 aromatic rings. The Morgan fingerprint density at radius 3 is 2.07 bits per heavy atom. The van der Waals surface area contributed by atoms with Crippen LogP contribution in [0.15, 0.2) is 23.6 Å². The average Bonchev–Trinajstić information content (AvgIpc) is 2.03. The van der Waals surface area contributed by atoms with Crippen LogP contribution < -0.4 is 0 Å². The van der Waals surface area contributed by atoms with Crippen LogP contribution in [0.1, 0.15) is 0 Å². The van der Waals surface area contributed by atoms with E-state index >= 15 is 0 Å². The standard InChI is InChI=1S/C6H3ClF4N2S/c7-5(8,9)6(10,11)14-4-12-2-1-3-13-4/h1-3H. The molecule has 0 unspecified atom stereocenters. The second-order valence-corrected chi connectivity index (χ2v) is 3.70. The van der Waals surface area contributed by atoms with Crippen LogP contribution in [0.5, 0.6) is 0 Å². The zero-order valence-corrected chi connectivity index (χ0v) is 8.00. The minimum atomic E-state index is -4.63. The fourth-order valence-electron chi connectivity index (χ4n) is 0.511. The first-order valence-electron chi connectivity index (χ1n) is 3.23. The van der Waals surface area contributed by atoms with Gasteiger partial charge in [0.2, 0.25) is 0 Å². The third kappa shape index (κ3) is 2.71. The van der Waals surface area contributed by atoms with E-state index in [2.05, 4.69) is 21.6 Å². The summed E-state index contributed by atoms with van der Waals surface area (Å²) in [6.07, 6.45) is 2.33. The second kappa shape index (κ2) is 3.90. The quantitative estimate of drug-likeness (QED) is 0.355. The van der Waals surface area contributed by atoms with Gasteiger partial charge in [0.25, 0.3) is 0 Å². The summed E-state index contributed by atoms with van der Waals surface area (Å²) in [6, 6.07) is 1.38. The first-order chi connectivity index (χ1) is 6.33. The molecule has 78 valence electrons. The van der Waals surface area contributed by atoms with Crippen LogP contribution in [-0.2, 0) is 0 Å². The molecule has 0 aliphatic carbocycles. The van der Waals surface area contributed by atoms with Crippen LogP contribution in [0.4, 0.5) is 17.6 Å². The molecule has 0 radical (unpaired) electrons. The van der Waals surface area contributed by atoms with Crippen molar-refractivity contribution in [2.24, 2.45) is 0 Å². The molecule has 0 atom stereocenters. The Bertz CT molecular complexity index is 302. The van der Waals surface area contributed by atoms with E-state index in [1.54, 1.807) is 0 Å². The molecule has 0 aliphatic heterocycles. The number of thioether (sulfide) groups is 1. The molecule has 0 N–H and O–H groups in total. The van der Waals surface area contributed by atoms with Crippen molar-refractivity contribution in [1.29, 1.82) is 0 Å². The van der Waals surface area contributed by atoms with Gasteiger partial charge in [-0.15, -0.1) is 0 Å². The first-order valence-corrected chi connectivity index (χ1v) is 4.43. The molecule has 1 rings (SSSR count). The average molecular weight is 247 g/mol.